The Morgan fingerprint density at radius 1 is 1.05 bits per heavy atom. The molecule has 1 heterocycles. The standard InChI is InChI=1S/C16H21NOS/c1-11(2)12-3-5-13(6-4-12)15(9-17)16(18)14-7-8-19-10-14/h3-8,10-11,15-16,18H,9,17H2,1-2H3. The minimum absolute atomic E-state index is 0.0455. The van der Waals surface area contributed by atoms with Crippen molar-refractivity contribution in [2.24, 2.45) is 5.73 Å². The highest BCUT2D eigenvalue weighted by molar-refractivity contribution is 7.07. The summed E-state index contributed by atoms with van der Waals surface area (Å²) in [7, 11) is 0. The van der Waals surface area contributed by atoms with Crippen LogP contribution in [0.3, 0.4) is 0 Å². The van der Waals surface area contributed by atoms with Crippen LogP contribution in [0.5, 0.6) is 0 Å². The molecule has 0 aliphatic rings. The molecule has 19 heavy (non-hydrogen) atoms. The zero-order chi connectivity index (χ0) is 13.8. The van der Waals surface area contributed by atoms with Gasteiger partial charge in [0.1, 0.15) is 0 Å². The predicted molar refractivity (Wildman–Crippen MR) is 81.6 cm³/mol. The topological polar surface area (TPSA) is 46.2 Å². The van der Waals surface area contributed by atoms with Gasteiger partial charge in [-0.1, -0.05) is 38.1 Å². The summed E-state index contributed by atoms with van der Waals surface area (Å²) in [5.74, 6) is 0.475. The summed E-state index contributed by atoms with van der Waals surface area (Å²) in [4.78, 5) is 0. The Kier molecular flexibility index (Phi) is 4.75. The second-order valence-electron chi connectivity index (χ2n) is 5.17. The molecule has 0 aliphatic carbocycles. The third kappa shape index (κ3) is 3.24. The average Bonchev–Trinajstić information content (AvgIpc) is 2.94. The molecule has 3 heteroatoms. The van der Waals surface area contributed by atoms with E-state index in [1.54, 1.807) is 11.3 Å². The highest BCUT2D eigenvalue weighted by atomic mass is 32.1. The fourth-order valence-electron chi connectivity index (χ4n) is 2.25. The quantitative estimate of drug-likeness (QED) is 0.875. The Bertz CT molecular complexity index is 490. The normalized spacial score (nSPS) is 14.6. The summed E-state index contributed by atoms with van der Waals surface area (Å²) < 4.78 is 0. The van der Waals surface area contributed by atoms with Crippen LogP contribution in [0.15, 0.2) is 41.1 Å². The predicted octanol–water partition coefficient (Wildman–Crippen LogP) is 3.65. The van der Waals surface area contributed by atoms with E-state index in [-0.39, 0.29) is 5.92 Å². The van der Waals surface area contributed by atoms with Crippen LogP contribution in [0.4, 0.5) is 0 Å². The van der Waals surface area contributed by atoms with Crippen LogP contribution in [-0.2, 0) is 0 Å². The Morgan fingerprint density at radius 3 is 2.16 bits per heavy atom. The number of hydrogen-bond acceptors (Lipinski definition) is 3. The maximum Gasteiger partial charge on any atom is 0.0878 e. The molecule has 0 aliphatic heterocycles. The van der Waals surface area contributed by atoms with Crippen molar-refractivity contribution in [2.75, 3.05) is 6.54 Å². The van der Waals surface area contributed by atoms with E-state index in [1.165, 1.54) is 5.56 Å². The fraction of sp³-hybridized carbons (Fsp3) is 0.375. The molecule has 2 rings (SSSR count). The molecule has 0 fully saturated rings. The van der Waals surface area contributed by atoms with Crippen molar-refractivity contribution in [1.29, 1.82) is 0 Å². The van der Waals surface area contributed by atoms with Crippen molar-refractivity contribution in [3.8, 4) is 0 Å². The maximum atomic E-state index is 10.4. The lowest BCUT2D eigenvalue weighted by atomic mass is 9.89. The average molecular weight is 275 g/mol. The minimum Gasteiger partial charge on any atom is -0.388 e. The lowest BCUT2D eigenvalue weighted by Crippen LogP contribution is -2.19. The van der Waals surface area contributed by atoms with Crippen molar-refractivity contribution in [3.05, 3.63) is 57.8 Å². The number of rotatable bonds is 5. The van der Waals surface area contributed by atoms with E-state index in [0.717, 1.165) is 11.1 Å². The smallest absolute Gasteiger partial charge is 0.0878 e. The molecule has 2 unspecified atom stereocenters. The van der Waals surface area contributed by atoms with Gasteiger partial charge in [0, 0.05) is 12.5 Å². The summed E-state index contributed by atoms with van der Waals surface area (Å²) in [6.45, 7) is 4.79. The van der Waals surface area contributed by atoms with Crippen molar-refractivity contribution in [1.82, 2.24) is 0 Å². The second-order valence-corrected chi connectivity index (χ2v) is 5.95. The maximum absolute atomic E-state index is 10.4. The summed E-state index contributed by atoms with van der Waals surface area (Å²) >= 11 is 1.60. The molecule has 0 bridgehead atoms. The van der Waals surface area contributed by atoms with Gasteiger partial charge in [0.15, 0.2) is 0 Å². The molecule has 2 nitrogen and oxygen atoms in total. The summed E-state index contributed by atoms with van der Waals surface area (Å²) in [5, 5.41) is 14.4. The van der Waals surface area contributed by atoms with E-state index < -0.39 is 6.10 Å². The van der Waals surface area contributed by atoms with E-state index in [2.05, 4.69) is 38.1 Å². The Balaban J connectivity index is 2.22. The number of hydrogen-bond donors (Lipinski definition) is 2. The number of nitrogens with two attached hydrogens (primary N) is 1. The van der Waals surface area contributed by atoms with E-state index in [1.807, 2.05) is 16.8 Å². The van der Waals surface area contributed by atoms with E-state index in [0.29, 0.717) is 12.5 Å². The lowest BCUT2D eigenvalue weighted by Gasteiger charge is -2.22. The van der Waals surface area contributed by atoms with E-state index in [4.69, 9.17) is 5.73 Å². The van der Waals surface area contributed by atoms with Crippen molar-refractivity contribution in [2.45, 2.75) is 31.8 Å². The van der Waals surface area contributed by atoms with Gasteiger partial charge in [-0.3, -0.25) is 0 Å². The number of aliphatic hydroxyl groups is 1. The van der Waals surface area contributed by atoms with Gasteiger partial charge in [-0.05, 0) is 39.4 Å². The van der Waals surface area contributed by atoms with Gasteiger partial charge >= 0.3 is 0 Å². The summed E-state index contributed by atoms with van der Waals surface area (Å²) in [6.07, 6.45) is -0.527. The van der Waals surface area contributed by atoms with Gasteiger partial charge in [0.25, 0.3) is 0 Å². The molecule has 0 radical (unpaired) electrons. The molecule has 1 aromatic carbocycles. The van der Waals surface area contributed by atoms with Gasteiger partial charge < -0.3 is 10.8 Å². The van der Waals surface area contributed by atoms with Gasteiger partial charge in [0.2, 0.25) is 0 Å². The highest BCUT2D eigenvalue weighted by Crippen LogP contribution is 2.31. The largest absolute Gasteiger partial charge is 0.388 e. The zero-order valence-corrected chi connectivity index (χ0v) is 12.2. The molecule has 0 spiro atoms. The Hall–Kier alpha value is -1.16. The number of benzene rings is 1. The monoisotopic (exact) mass is 275 g/mol. The Labute approximate surface area is 118 Å². The number of thiophene rings is 1. The van der Waals surface area contributed by atoms with Crippen molar-refractivity contribution >= 4 is 11.3 Å². The first kappa shape index (κ1) is 14.3. The Morgan fingerprint density at radius 2 is 1.68 bits per heavy atom. The van der Waals surface area contributed by atoms with E-state index >= 15 is 0 Å². The van der Waals surface area contributed by atoms with Crippen molar-refractivity contribution < 1.29 is 5.11 Å². The van der Waals surface area contributed by atoms with Crippen LogP contribution in [-0.4, -0.2) is 11.7 Å². The van der Waals surface area contributed by atoms with E-state index in [9.17, 15) is 5.11 Å². The molecular weight excluding hydrogens is 254 g/mol. The first-order chi connectivity index (χ1) is 9.13. The lowest BCUT2D eigenvalue weighted by molar-refractivity contribution is 0.148. The van der Waals surface area contributed by atoms with Crippen LogP contribution >= 0.6 is 11.3 Å². The van der Waals surface area contributed by atoms with Crippen LogP contribution in [0.1, 0.15) is 48.5 Å². The van der Waals surface area contributed by atoms with Crippen LogP contribution in [0, 0.1) is 0 Å². The molecule has 2 aromatic rings. The SMILES string of the molecule is CC(C)c1ccc(C(CN)C(O)c2ccsc2)cc1. The first-order valence-corrected chi connectivity index (χ1v) is 7.58. The molecule has 2 atom stereocenters. The van der Waals surface area contributed by atoms with Crippen LogP contribution < -0.4 is 5.73 Å². The van der Waals surface area contributed by atoms with Crippen molar-refractivity contribution in [3.63, 3.8) is 0 Å². The number of aliphatic hydroxyl groups excluding tert-OH is 1. The summed E-state index contributed by atoms with van der Waals surface area (Å²) in [5.41, 5.74) is 9.22. The molecular formula is C16H21NOS. The third-order valence-electron chi connectivity index (χ3n) is 3.55. The molecule has 102 valence electrons. The zero-order valence-electron chi connectivity index (χ0n) is 11.4. The van der Waals surface area contributed by atoms with Crippen LogP contribution in [0.25, 0.3) is 0 Å². The second kappa shape index (κ2) is 6.33. The highest BCUT2D eigenvalue weighted by Gasteiger charge is 2.21. The third-order valence-corrected chi connectivity index (χ3v) is 4.25. The minimum atomic E-state index is -0.527. The van der Waals surface area contributed by atoms with Gasteiger partial charge in [-0.15, -0.1) is 0 Å². The first-order valence-electron chi connectivity index (χ1n) is 6.63. The fourth-order valence-corrected chi connectivity index (χ4v) is 2.94. The molecule has 1 aromatic heterocycles. The molecule has 0 saturated carbocycles. The summed E-state index contributed by atoms with van der Waals surface area (Å²) in [6, 6.07) is 10.4. The molecule has 0 saturated heterocycles. The van der Waals surface area contributed by atoms with Crippen LogP contribution in [0.2, 0.25) is 0 Å². The van der Waals surface area contributed by atoms with Gasteiger partial charge in [-0.25, -0.2) is 0 Å². The molecule has 3 N–H and O–H groups in total. The van der Waals surface area contributed by atoms with Gasteiger partial charge in [0.05, 0.1) is 6.10 Å². The van der Waals surface area contributed by atoms with Gasteiger partial charge in [-0.2, -0.15) is 11.3 Å². The molecule has 0 amide bonds.